The largest absolute Gasteiger partial charge is 0.507 e. The number of ether oxygens (including phenoxy) is 1. The minimum atomic E-state index is -0.854. The summed E-state index contributed by atoms with van der Waals surface area (Å²) in [5, 5.41) is 12.8. The Bertz CT molecular complexity index is 1530. The highest BCUT2D eigenvalue weighted by molar-refractivity contribution is 6.52. The van der Waals surface area contributed by atoms with E-state index in [4.69, 9.17) is 16.3 Å². The van der Waals surface area contributed by atoms with E-state index in [9.17, 15) is 14.7 Å². The van der Waals surface area contributed by atoms with Crippen LogP contribution < -0.4 is 9.64 Å². The molecule has 1 unspecified atom stereocenters. The number of nitrogens with zero attached hydrogens (tertiary/aromatic N) is 2. The molecule has 1 amide bonds. The summed E-state index contributed by atoms with van der Waals surface area (Å²) in [7, 11) is 3.38. The molecule has 1 atom stereocenters. The number of amides is 1. The van der Waals surface area contributed by atoms with Crippen LogP contribution in [0.1, 0.15) is 29.7 Å². The number of aromatic nitrogens is 1. The number of aliphatic hydroxyl groups excluding tert-OH is 1. The minimum Gasteiger partial charge on any atom is -0.507 e. The Balaban J connectivity index is 1.81. The van der Waals surface area contributed by atoms with Gasteiger partial charge in [-0.05, 0) is 48.4 Å². The maximum Gasteiger partial charge on any atom is 0.300 e. The van der Waals surface area contributed by atoms with Crippen molar-refractivity contribution in [2.45, 2.75) is 19.4 Å². The zero-order valence-electron chi connectivity index (χ0n) is 20.2. The molecule has 7 heteroatoms. The van der Waals surface area contributed by atoms with Gasteiger partial charge in [0.25, 0.3) is 11.7 Å². The smallest absolute Gasteiger partial charge is 0.300 e. The highest BCUT2D eigenvalue weighted by Gasteiger charge is 2.48. The molecular formula is C29H25ClN2O4. The molecule has 0 saturated carbocycles. The third-order valence-corrected chi connectivity index (χ3v) is 6.94. The van der Waals surface area contributed by atoms with Gasteiger partial charge in [-0.1, -0.05) is 48.9 Å². The third-order valence-electron chi connectivity index (χ3n) is 6.71. The van der Waals surface area contributed by atoms with E-state index in [0.717, 1.165) is 28.5 Å². The van der Waals surface area contributed by atoms with Crippen LogP contribution in [0.3, 0.4) is 0 Å². The second-order valence-electron chi connectivity index (χ2n) is 8.75. The Morgan fingerprint density at radius 1 is 1.06 bits per heavy atom. The summed E-state index contributed by atoms with van der Waals surface area (Å²) in [5.41, 5.74) is 3.59. The van der Waals surface area contributed by atoms with E-state index >= 15 is 0 Å². The van der Waals surface area contributed by atoms with Gasteiger partial charge in [-0.25, -0.2) is 0 Å². The first-order valence-electron chi connectivity index (χ1n) is 11.6. The number of carbonyl (C=O) groups excluding carboxylic acids is 2. The number of fused-ring (bicyclic) bond motifs is 1. The molecule has 1 aliphatic heterocycles. The van der Waals surface area contributed by atoms with Crippen molar-refractivity contribution in [3.8, 4) is 5.75 Å². The molecule has 1 fully saturated rings. The molecule has 3 aromatic carbocycles. The summed E-state index contributed by atoms with van der Waals surface area (Å²) in [5.74, 6) is -1.47. The number of anilines is 1. The quantitative estimate of drug-likeness (QED) is 0.206. The lowest BCUT2D eigenvalue weighted by molar-refractivity contribution is -0.132. The molecule has 1 saturated heterocycles. The molecule has 0 bridgehead atoms. The SMILES string of the molecule is CCc1ccc(N2C(=O)C(=O)/C(=C(/O)c3cc(Cl)ccc3OC)C2c2cn(C)c3ccccc23)cc1. The van der Waals surface area contributed by atoms with Crippen molar-refractivity contribution < 1.29 is 19.4 Å². The monoisotopic (exact) mass is 500 g/mol. The van der Waals surface area contributed by atoms with Crippen molar-refractivity contribution in [3.63, 3.8) is 0 Å². The first-order valence-corrected chi connectivity index (χ1v) is 12.0. The van der Waals surface area contributed by atoms with Crippen molar-refractivity contribution >= 4 is 45.6 Å². The second-order valence-corrected chi connectivity index (χ2v) is 9.18. The standard InChI is InChI=1S/C29H25ClN2O4/c1-4-17-9-12-19(13-10-17)32-26(22-16-31(2)23-8-6-5-7-20(22)23)25(28(34)29(32)35)27(33)21-15-18(30)11-14-24(21)36-3/h5-16,26,33H,4H2,1-3H3/b27-25+. The molecule has 0 radical (unpaired) electrons. The third kappa shape index (κ3) is 3.74. The van der Waals surface area contributed by atoms with E-state index in [2.05, 4.69) is 6.92 Å². The van der Waals surface area contributed by atoms with Gasteiger partial charge in [-0.3, -0.25) is 14.5 Å². The Morgan fingerprint density at radius 3 is 2.47 bits per heavy atom. The van der Waals surface area contributed by atoms with Crippen LogP contribution in [0, 0.1) is 0 Å². The molecule has 4 aromatic rings. The topological polar surface area (TPSA) is 71.8 Å². The Kier molecular flexibility index (Phi) is 6.06. The molecule has 182 valence electrons. The lowest BCUT2D eigenvalue weighted by atomic mass is 9.94. The van der Waals surface area contributed by atoms with Crippen LogP contribution in [0.5, 0.6) is 5.75 Å². The molecule has 6 nitrogen and oxygen atoms in total. The van der Waals surface area contributed by atoms with Crippen LogP contribution in [-0.4, -0.2) is 28.5 Å². The molecule has 36 heavy (non-hydrogen) atoms. The Labute approximate surface area is 214 Å². The molecule has 2 heterocycles. The average Bonchev–Trinajstić information content (AvgIpc) is 3.37. The van der Waals surface area contributed by atoms with E-state index in [1.807, 2.05) is 66.3 Å². The second kappa shape index (κ2) is 9.21. The Hall–Kier alpha value is -4.03. The lowest BCUT2D eigenvalue weighted by Crippen LogP contribution is -2.29. The number of ketones is 1. The zero-order chi connectivity index (χ0) is 25.6. The molecule has 1 aromatic heterocycles. The fraction of sp³-hybridized carbons (Fsp3) is 0.172. The maximum absolute atomic E-state index is 13.5. The molecular weight excluding hydrogens is 476 g/mol. The summed E-state index contributed by atoms with van der Waals surface area (Å²) >= 11 is 6.22. The number of methoxy groups -OCH3 is 1. The summed E-state index contributed by atoms with van der Waals surface area (Å²) in [6, 6.07) is 19.2. The molecule has 1 N–H and O–H groups in total. The van der Waals surface area contributed by atoms with Crippen molar-refractivity contribution in [2.75, 3.05) is 12.0 Å². The number of halogens is 1. The fourth-order valence-corrected chi connectivity index (χ4v) is 5.06. The molecule has 0 aliphatic carbocycles. The van der Waals surface area contributed by atoms with Crippen LogP contribution in [0.15, 0.2) is 78.5 Å². The van der Waals surface area contributed by atoms with E-state index in [1.54, 1.807) is 12.1 Å². The van der Waals surface area contributed by atoms with Gasteiger partial charge in [0.15, 0.2) is 0 Å². The predicted octanol–water partition coefficient (Wildman–Crippen LogP) is 6.03. The fourth-order valence-electron chi connectivity index (χ4n) is 4.89. The van der Waals surface area contributed by atoms with Crippen molar-refractivity contribution in [3.05, 3.63) is 100 Å². The van der Waals surface area contributed by atoms with Gasteiger partial charge in [-0.15, -0.1) is 0 Å². The number of aryl methyl sites for hydroxylation is 2. The highest BCUT2D eigenvalue weighted by Crippen LogP contribution is 2.45. The van der Waals surface area contributed by atoms with Crippen molar-refractivity contribution in [1.82, 2.24) is 4.57 Å². The number of rotatable bonds is 5. The van der Waals surface area contributed by atoms with Crippen molar-refractivity contribution in [2.24, 2.45) is 7.05 Å². The summed E-state index contributed by atoms with van der Waals surface area (Å²) in [4.78, 5) is 28.5. The molecule has 0 spiro atoms. The van der Waals surface area contributed by atoms with Crippen LogP contribution >= 0.6 is 11.6 Å². The molecule has 5 rings (SSSR count). The number of benzene rings is 3. The first kappa shape index (κ1) is 23.7. The van der Waals surface area contributed by atoms with E-state index in [-0.39, 0.29) is 16.9 Å². The van der Waals surface area contributed by atoms with Gasteiger partial charge in [0, 0.05) is 40.4 Å². The summed E-state index contributed by atoms with van der Waals surface area (Å²) in [6.45, 7) is 2.05. The maximum atomic E-state index is 13.5. The van der Waals surface area contributed by atoms with Crippen LogP contribution in [0.2, 0.25) is 5.02 Å². The van der Waals surface area contributed by atoms with Crippen molar-refractivity contribution in [1.29, 1.82) is 0 Å². The van der Waals surface area contributed by atoms with Gasteiger partial charge < -0.3 is 14.4 Å². The highest BCUT2D eigenvalue weighted by atomic mass is 35.5. The van der Waals surface area contributed by atoms with Gasteiger partial charge in [0.05, 0.1) is 24.3 Å². The number of hydrogen-bond donors (Lipinski definition) is 1. The number of aliphatic hydroxyl groups is 1. The number of hydrogen-bond acceptors (Lipinski definition) is 4. The number of para-hydroxylation sites is 1. The normalized spacial score (nSPS) is 17.2. The van der Waals surface area contributed by atoms with Gasteiger partial charge in [0.2, 0.25) is 0 Å². The first-order chi connectivity index (χ1) is 17.3. The minimum absolute atomic E-state index is 0.0171. The van der Waals surface area contributed by atoms with Gasteiger partial charge in [0.1, 0.15) is 11.5 Å². The van der Waals surface area contributed by atoms with Gasteiger partial charge in [-0.2, -0.15) is 0 Å². The zero-order valence-corrected chi connectivity index (χ0v) is 20.9. The predicted molar refractivity (Wildman–Crippen MR) is 142 cm³/mol. The van der Waals surface area contributed by atoms with E-state index in [1.165, 1.54) is 18.1 Å². The van der Waals surface area contributed by atoms with E-state index in [0.29, 0.717) is 16.5 Å². The van der Waals surface area contributed by atoms with Crippen LogP contribution in [-0.2, 0) is 23.1 Å². The average molecular weight is 501 g/mol. The summed E-state index contributed by atoms with van der Waals surface area (Å²) in [6.07, 6.45) is 2.75. The molecule has 1 aliphatic rings. The summed E-state index contributed by atoms with van der Waals surface area (Å²) < 4.78 is 7.38. The van der Waals surface area contributed by atoms with Crippen LogP contribution in [0.4, 0.5) is 5.69 Å². The van der Waals surface area contributed by atoms with Crippen LogP contribution in [0.25, 0.3) is 16.7 Å². The van der Waals surface area contributed by atoms with E-state index < -0.39 is 17.7 Å². The number of carbonyl (C=O) groups is 2. The van der Waals surface area contributed by atoms with Gasteiger partial charge >= 0.3 is 0 Å². The lowest BCUT2D eigenvalue weighted by Gasteiger charge is -2.25. The Morgan fingerprint density at radius 2 is 1.78 bits per heavy atom. The number of Topliss-reactive ketones (excluding diaryl/α,β-unsaturated/α-hetero) is 1.